The Hall–Kier alpha value is -12.1. The standard InChI is InChI=1S/C90H72N6/c1-4-91-82-58-49-67(40-37-64-43-52-76(53-44-64)94(70-25-13-7-14-26-70)71-27-15-8-16-28-71)61-79(82)85-88(91)86-80-62-68(41-38-65-45-54-77(55-46-65)95(72-29-17-9-18-30-72)73-31-19-10-20-32-73)50-59-83(80)92(5-2)90(86)87-81-63-69(51-60-84(81)93(6-3)89(85)87)42-39-66-47-56-78(57-48-66)96(74-33-21-11-22-34-74)75-35-23-12-24-36-75/h7-63H,4-6H2,1-3H3/b40-37+,41-38+,42-39+. The maximum absolute atomic E-state index is 2.59. The highest BCUT2D eigenvalue weighted by Gasteiger charge is 2.27. The zero-order valence-corrected chi connectivity index (χ0v) is 54.2. The Bertz CT molecular complexity index is 4830. The van der Waals surface area contributed by atoms with Gasteiger partial charge in [0.2, 0.25) is 0 Å². The van der Waals surface area contributed by atoms with Crippen LogP contribution in [0.1, 0.15) is 54.2 Å². The highest BCUT2D eigenvalue weighted by molar-refractivity contribution is 6.39. The van der Waals surface area contributed by atoms with Crippen molar-refractivity contribution in [1.82, 2.24) is 13.7 Å². The molecule has 6 heteroatoms. The lowest BCUT2D eigenvalue weighted by Gasteiger charge is -2.25. The summed E-state index contributed by atoms with van der Waals surface area (Å²) < 4.78 is 7.78. The summed E-state index contributed by atoms with van der Waals surface area (Å²) in [5, 5.41) is 7.65. The van der Waals surface area contributed by atoms with Crippen LogP contribution in [0, 0.1) is 0 Å². The quantitative estimate of drug-likeness (QED) is 0.0801. The Morgan fingerprint density at radius 1 is 0.219 bits per heavy atom. The van der Waals surface area contributed by atoms with Gasteiger partial charge in [0.05, 0.1) is 16.6 Å². The Balaban J connectivity index is 0.832. The number of fused-ring (bicyclic) bond motifs is 12. The summed E-state index contributed by atoms with van der Waals surface area (Å²) >= 11 is 0. The minimum atomic E-state index is 0.810. The maximum atomic E-state index is 2.59. The van der Waals surface area contributed by atoms with Gasteiger partial charge in [-0.15, -0.1) is 0 Å². The van der Waals surface area contributed by atoms with Gasteiger partial charge in [0.25, 0.3) is 0 Å². The molecular weight excluding hydrogens is 1170 g/mol. The molecule has 96 heavy (non-hydrogen) atoms. The fourth-order valence-electron chi connectivity index (χ4n) is 14.5. The lowest BCUT2D eigenvalue weighted by atomic mass is 10.00. The smallest absolute Gasteiger partial charge is 0.0614 e. The molecule has 0 aliphatic carbocycles. The molecule has 6 nitrogen and oxygen atoms in total. The minimum absolute atomic E-state index is 0.810. The molecule has 13 aromatic carbocycles. The molecule has 0 aliphatic rings. The van der Waals surface area contributed by atoms with Gasteiger partial charge in [-0.1, -0.05) is 200 Å². The van der Waals surface area contributed by atoms with E-state index in [1.165, 1.54) is 65.4 Å². The minimum Gasteiger partial charge on any atom is -0.340 e. The number of anilines is 9. The molecule has 0 bridgehead atoms. The van der Waals surface area contributed by atoms with Crippen LogP contribution in [0.5, 0.6) is 0 Å². The normalized spacial score (nSPS) is 11.9. The first-order valence-corrected chi connectivity index (χ1v) is 33.5. The van der Waals surface area contributed by atoms with Crippen LogP contribution < -0.4 is 14.7 Å². The SMILES string of the molecule is CCn1c2ccc(/C=C/c3ccc(N(c4ccccc4)c4ccccc4)cc3)cc2c2c1c1c3cc(/C=C/c4ccc(N(c5ccccc5)c5ccccc5)cc4)ccc3n(CC)c1c1c3cc(/C=C/c4ccc(N(c5ccccc5)c5ccccc5)cc4)ccc3n(CC)c21. The average Bonchev–Trinajstić information content (AvgIpc) is 1.51. The average molecular weight is 1240 g/mol. The molecule has 0 fully saturated rings. The van der Waals surface area contributed by atoms with Gasteiger partial charge >= 0.3 is 0 Å². The van der Waals surface area contributed by atoms with Gasteiger partial charge in [0.1, 0.15) is 0 Å². The second-order valence-corrected chi connectivity index (χ2v) is 24.5. The molecule has 462 valence electrons. The zero-order chi connectivity index (χ0) is 64.5. The van der Waals surface area contributed by atoms with E-state index in [9.17, 15) is 0 Å². The van der Waals surface area contributed by atoms with E-state index in [1.54, 1.807) is 0 Å². The molecule has 0 saturated heterocycles. The highest BCUT2D eigenvalue weighted by Crippen LogP contribution is 2.49. The number of hydrogen-bond donors (Lipinski definition) is 0. The van der Waals surface area contributed by atoms with Crippen LogP contribution in [0.25, 0.3) is 102 Å². The molecule has 0 aliphatic heterocycles. The topological polar surface area (TPSA) is 24.5 Å². The fraction of sp³-hybridized carbons (Fsp3) is 0.0667. The molecule has 0 N–H and O–H groups in total. The van der Waals surface area contributed by atoms with Crippen LogP contribution in [-0.4, -0.2) is 13.7 Å². The fourth-order valence-corrected chi connectivity index (χ4v) is 14.5. The first-order valence-electron chi connectivity index (χ1n) is 33.5. The van der Waals surface area contributed by atoms with Crippen molar-refractivity contribution in [1.29, 1.82) is 0 Å². The number of para-hydroxylation sites is 6. The van der Waals surface area contributed by atoms with Gasteiger partial charge in [-0.05, 0) is 200 Å². The number of aromatic nitrogens is 3. The van der Waals surface area contributed by atoms with Crippen molar-refractivity contribution in [3.05, 3.63) is 343 Å². The summed E-state index contributed by atoms with van der Waals surface area (Å²) in [5.41, 5.74) is 24.5. The Morgan fingerprint density at radius 2 is 0.406 bits per heavy atom. The predicted molar refractivity (Wildman–Crippen MR) is 413 cm³/mol. The van der Waals surface area contributed by atoms with Crippen LogP contribution in [0.4, 0.5) is 51.2 Å². The molecule has 3 aromatic heterocycles. The van der Waals surface area contributed by atoms with E-state index in [0.29, 0.717) is 0 Å². The third-order valence-electron chi connectivity index (χ3n) is 18.9. The number of benzene rings is 13. The third kappa shape index (κ3) is 10.9. The second-order valence-electron chi connectivity index (χ2n) is 24.5. The first kappa shape index (κ1) is 58.9. The van der Waals surface area contributed by atoms with Crippen LogP contribution in [0.3, 0.4) is 0 Å². The molecule has 0 atom stereocenters. The largest absolute Gasteiger partial charge is 0.340 e. The first-order chi connectivity index (χ1) is 47.5. The molecule has 0 amide bonds. The van der Waals surface area contributed by atoms with Gasteiger partial charge in [-0.3, -0.25) is 0 Å². The monoisotopic (exact) mass is 1240 g/mol. The van der Waals surface area contributed by atoms with Crippen molar-refractivity contribution in [2.24, 2.45) is 0 Å². The van der Waals surface area contributed by atoms with E-state index in [0.717, 1.165) is 104 Å². The second kappa shape index (κ2) is 25.8. The Labute approximate surface area is 561 Å². The van der Waals surface area contributed by atoms with E-state index in [2.05, 4.69) is 395 Å². The number of aryl methyl sites for hydroxylation is 3. The number of hydrogen-bond acceptors (Lipinski definition) is 3. The van der Waals surface area contributed by atoms with Crippen molar-refractivity contribution in [3.8, 4) is 0 Å². The van der Waals surface area contributed by atoms with E-state index >= 15 is 0 Å². The van der Waals surface area contributed by atoms with Crippen molar-refractivity contribution in [3.63, 3.8) is 0 Å². The van der Waals surface area contributed by atoms with Gasteiger partial charge in [0, 0.05) is 120 Å². The lowest BCUT2D eigenvalue weighted by molar-refractivity contribution is 0.821. The maximum Gasteiger partial charge on any atom is 0.0614 e. The van der Waals surface area contributed by atoms with E-state index in [4.69, 9.17) is 0 Å². The summed E-state index contributed by atoms with van der Waals surface area (Å²) in [6.45, 7) is 9.36. The summed E-state index contributed by atoms with van der Waals surface area (Å²) in [5.74, 6) is 0. The zero-order valence-electron chi connectivity index (χ0n) is 54.2. The van der Waals surface area contributed by atoms with Gasteiger partial charge in [-0.25, -0.2) is 0 Å². The van der Waals surface area contributed by atoms with Gasteiger partial charge in [0.15, 0.2) is 0 Å². The molecule has 16 rings (SSSR count). The third-order valence-corrected chi connectivity index (χ3v) is 18.9. The summed E-state index contributed by atoms with van der Waals surface area (Å²) in [6.07, 6.45) is 13.6. The van der Waals surface area contributed by atoms with E-state index in [-0.39, 0.29) is 0 Å². The van der Waals surface area contributed by atoms with Crippen molar-refractivity contribution < 1.29 is 0 Å². The lowest BCUT2D eigenvalue weighted by Crippen LogP contribution is -2.09. The number of rotatable bonds is 18. The molecular formula is C90H72N6. The number of nitrogens with zero attached hydrogens (tertiary/aromatic N) is 6. The molecule has 3 heterocycles. The van der Waals surface area contributed by atoms with Crippen LogP contribution >= 0.6 is 0 Å². The predicted octanol–water partition coefficient (Wildman–Crippen LogP) is 25.0. The van der Waals surface area contributed by atoms with Crippen molar-refractivity contribution >= 4 is 153 Å². The molecule has 0 unspecified atom stereocenters. The van der Waals surface area contributed by atoms with Gasteiger partial charge < -0.3 is 28.4 Å². The van der Waals surface area contributed by atoms with Crippen molar-refractivity contribution in [2.45, 2.75) is 40.4 Å². The van der Waals surface area contributed by atoms with Crippen LogP contribution in [0.15, 0.2) is 309 Å². The Morgan fingerprint density at radius 3 is 0.615 bits per heavy atom. The summed E-state index contributed by atoms with van der Waals surface area (Å²) in [6, 6.07) is 112. The van der Waals surface area contributed by atoms with Crippen molar-refractivity contribution in [2.75, 3.05) is 14.7 Å². The van der Waals surface area contributed by atoms with Crippen LogP contribution in [-0.2, 0) is 19.6 Å². The van der Waals surface area contributed by atoms with E-state index < -0.39 is 0 Å². The molecule has 16 aromatic rings. The van der Waals surface area contributed by atoms with Gasteiger partial charge in [-0.2, -0.15) is 0 Å². The van der Waals surface area contributed by atoms with E-state index in [1.807, 2.05) is 0 Å². The molecule has 0 radical (unpaired) electrons. The highest BCUT2D eigenvalue weighted by atomic mass is 15.2. The summed E-state index contributed by atoms with van der Waals surface area (Å²) in [4.78, 5) is 6.93. The molecule has 0 spiro atoms. The van der Waals surface area contributed by atoms with Crippen LogP contribution in [0.2, 0.25) is 0 Å². The Kier molecular flexibility index (Phi) is 15.8. The molecule has 0 saturated carbocycles. The summed E-state index contributed by atoms with van der Waals surface area (Å²) in [7, 11) is 0.